The van der Waals surface area contributed by atoms with Crippen LogP contribution in [0.5, 0.6) is 0 Å². The van der Waals surface area contributed by atoms with Gasteiger partial charge in [0.05, 0.1) is 0 Å². The Morgan fingerprint density at radius 1 is 1.42 bits per heavy atom. The molecule has 1 atom stereocenters. The van der Waals surface area contributed by atoms with Gasteiger partial charge in [0.25, 0.3) is 0 Å². The lowest BCUT2D eigenvalue weighted by molar-refractivity contribution is 0.274. The second-order valence-electron chi connectivity index (χ2n) is 2.62. The Bertz CT molecular complexity index is 310. The van der Waals surface area contributed by atoms with Crippen molar-refractivity contribution in [1.82, 2.24) is 0 Å². The molecule has 0 fully saturated rings. The normalized spacial score (nSPS) is 14.8. The van der Waals surface area contributed by atoms with Crippen molar-refractivity contribution in [3.8, 4) is 6.07 Å². The molecular weight excluding hydrogens is 177 g/mol. The predicted octanol–water partition coefficient (Wildman–Crippen LogP) is 3.05. The molecule has 1 aromatic rings. The summed E-state index contributed by atoms with van der Waals surface area (Å²) in [5.41, 5.74) is -1.60. The van der Waals surface area contributed by atoms with Gasteiger partial charge < -0.3 is 0 Å². The zero-order chi connectivity index (χ0) is 9.19. The van der Waals surface area contributed by atoms with Gasteiger partial charge in [-0.15, -0.1) is 0 Å². The molecule has 0 aliphatic heterocycles. The van der Waals surface area contributed by atoms with Gasteiger partial charge in [-0.1, -0.05) is 23.7 Å². The molecule has 0 spiro atoms. The van der Waals surface area contributed by atoms with Crippen LogP contribution in [-0.4, -0.2) is 0 Å². The molecule has 0 unspecified atom stereocenters. The highest BCUT2D eigenvalue weighted by Gasteiger charge is 2.24. The van der Waals surface area contributed by atoms with Crippen LogP contribution >= 0.6 is 11.6 Å². The Balaban J connectivity index is 3.07. The predicted molar refractivity (Wildman–Crippen MR) is 45.5 cm³/mol. The zero-order valence-corrected chi connectivity index (χ0v) is 7.27. The summed E-state index contributed by atoms with van der Waals surface area (Å²) in [6, 6.07) is 7.70. The third-order valence-corrected chi connectivity index (χ3v) is 1.85. The molecule has 0 aliphatic rings. The third-order valence-electron chi connectivity index (χ3n) is 1.60. The molecule has 0 saturated carbocycles. The van der Waals surface area contributed by atoms with E-state index in [0.717, 1.165) is 0 Å². The number of hydrogen-bond acceptors (Lipinski definition) is 1. The number of halogens is 2. The minimum Gasteiger partial charge on any atom is -0.222 e. The highest BCUT2D eigenvalue weighted by Crippen LogP contribution is 2.25. The molecule has 0 aliphatic carbocycles. The Kier molecular flexibility index (Phi) is 2.35. The fourth-order valence-corrected chi connectivity index (χ4v) is 0.953. The second-order valence-corrected chi connectivity index (χ2v) is 3.06. The number of benzene rings is 1. The number of nitrogens with zero attached hydrogens (tertiary/aromatic N) is 1. The van der Waals surface area contributed by atoms with E-state index in [4.69, 9.17) is 16.9 Å². The van der Waals surface area contributed by atoms with Crippen LogP contribution in [0.2, 0.25) is 5.02 Å². The maximum absolute atomic E-state index is 13.3. The lowest BCUT2D eigenvalue weighted by Crippen LogP contribution is -2.11. The topological polar surface area (TPSA) is 23.8 Å². The molecule has 0 saturated heterocycles. The van der Waals surface area contributed by atoms with Gasteiger partial charge in [-0.3, -0.25) is 0 Å². The number of alkyl halides is 1. The summed E-state index contributed by atoms with van der Waals surface area (Å²) < 4.78 is 13.3. The maximum atomic E-state index is 13.3. The summed E-state index contributed by atoms with van der Waals surface area (Å²) in [4.78, 5) is 0. The summed E-state index contributed by atoms with van der Waals surface area (Å²) in [6.07, 6.45) is 0. The first-order valence-corrected chi connectivity index (χ1v) is 3.80. The van der Waals surface area contributed by atoms with E-state index in [1.807, 2.05) is 0 Å². The lowest BCUT2D eigenvalue weighted by atomic mass is 10.0. The molecule has 1 rings (SSSR count). The Labute approximate surface area is 75.4 Å². The van der Waals surface area contributed by atoms with Gasteiger partial charge in [0.2, 0.25) is 5.67 Å². The van der Waals surface area contributed by atoms with E-state index in [-0.39, 0.29) is 0 Å². The standard InChI is InChI=1S/C9H7ClFN/c1-9(11,6-12)7-2-4-8(10)5-3-7/h2-5H,1H3/t9-/m1/s1. The van der Waals surface area contributed by atoms with E-state index in [0.29, 0.717) is 10.6 Å². The average molecular weight is 184 g/mol. The molecule has 3 heteroatoms. The van der Waals surface area contributed by atoms with Gasteiger partial charge in [0.1, 0.15) is 6.07 Å². The van der Waals surface area contributed by atoms with Crippen molar-refractivity contribution in [2.24, 2.45) is 0 Å². The van der Waals surface area contributed by atoms with Crippen LogP contribution in [0, 0.1) is 11.3 Å². The molecule has 0 radical (unpaired) electrons. The monoisotopic (exact) mass is 183 g/mol. The lowest BCUT2D eigenvalue weighted by Gasteiger charge is -2.10. The first-order valence-electron chi connectivity index (χ1n) is 3.42. The van der Waals surface area contributed by atoms with Crippen LogP contribution in [-0.2, 0) is 5.67 Å². The molecule has 12 heavy (non-hydrogen) atoms. The molecule has 1 nitrogen and oxygen atoms in total. The minimum absolute atomic E-state index is 0.328. The Morgan fingerprint density at radius 3 is 2.33 bits per heavy atom. The van der Waals surface area contributed by atoms with Crippen molar-refractivity contribution in [3.05, 3.63) is 34.9 Å². The van der Waals surface area contributed by atoms with E-state index in [1.54, 1.807) is 18.2 Å². The van der Waals surface area contributed by atoms with Gasteiger partial charge in [-0.2, -0.15) is 5.26 Å². The van der Waals surface area contributed by atoms with Crippen LogP contribution in [0.1, 0.15) is 12.5 Å². The molecule has 0 amide bonds. The van der Waals surface area contributed by atoms with Gasteiger partial charge in [0, 0.05) is 10.6 Å². The van der Waals surface area contributed by atoms with Crippen molar-refractivity contribution in [2.45, 2.75) is 12.6 Å². The fourth-order valence-electron chi connectivity index (χ4n) is 0.827. The van der Waals surface area contributed by atoms with E-state index < -0.39 is 5.67 Å². The highest BCUT2D eigenvalue weighted by atomic mass is 35.5. The first kappa shape index (κ1) is 9.02. The molecule has 0 aromatic heterocycles. The van der Waals surface area contributed by atoms with Crippen LogP contribution < -0.4 is 0 Å². The maximum Gasteiger partial charge on any atom is 0.218 e. The summed E-state index contributed by atoms with van der Waals surface area (Å²) in [7, 11) is 0. The van der Waals surface area contributed by atoms with Crippen LogP contribution in [0.4, 0.5) is 4.39 Å². The van der Waals surface area contributed by atoms with E-state index in [1.165, 1.54) is 19.1 Å². The van der Waals surface area contributed by atoms with Crippen molar-refractivity contribution < 1.29 is 4.39 Å². The largest absolute Gasteiger partial charge is 0.222 e. The van der Waals surface area contributed by atoms with Crippen molar-refractivity contribution in [2.75, 3.05) is 0 Å². The second kappa shape index (κ2) is 3.12. The molecule has 0 N–H and O–H groups in total. The van der Waals surface area contributed by atoms with Crippen LogP contribution in [0.25, 0.3) is 0 Å². The fraction of sp³-hybridized carbons (Fsp3) is 0.222. The zero-order valence-electron chi connectivity index (χ0n) is 6.51. The van der Waals surface area contributed by atoms with Crippen molar-refractivity contribution in [1.29, 1.82) is 5.26 Å². The van der Waals surface area contributed by atoms with E-state index in [9.17, 15) is 4.39 Å². The van der Waals surface area contributed by atoms with Gasteiger partial charge in [-0.05, 0) is 19.1 Å². The molecule has 62 valence electrons. The number of hydrogen-bond donors (Lipinski definition) is 0. The molecular formula is C9H7ClFN. The van der Waals surface area contributed by atoms with Crippen LogP contribution in [0.3, 0.4) is 0 Å². The van der Waals surface area contributed by atoms with Crippen molar-refractivity contribution >= 4 is 11.6 Å². The highest BCUT2D eigenvalue weighted by molar-refractivity contribution is 6.30. The summed E-state index contributed by atoms with van der Waals surface area (Å²) in [6.45, 7) is 1.22. The minimum atomic E-state index is -1.93. The van der Waals surface area contributed by atoms with Gasteiger partial charge in [0.15, 0.2) is 0 Å². The smallest absolute Gasteiger partial charge is 0.218 e. The number of nitriles is 1. The van der Waals surface area contributed by atoms with E-state index in [2.05, 4.69) is 0 Å². The quantitative estimate of drug-likeness (QED) is 0.657. The Morgan fingerprint density at radius 2 is 1.92 bits per heavy atom. The van der Waals surface area contributed by atoms with Gasteiger partial charge in [-0.25, -0.2) is 4.39 Å². The van der Waals surface area contributed by atoms with Crippen LogP contribution in [0.15, 0.2) is 24.3 Å². The number of rotatable bonds is 1. The van der Waals surface area contributed by atoms with Crippen molar-refractivity contribution in [3.63, 3.8) is 0 Å². The third kappa shape index (κ3) is 1.75. The SMILES string of the molecule is C[C@@](F)(C#N)c1ccc(Cl)cc1. The summed E-state index contributed by atoms with van der Waals surface area (Å²) >= 11 is 5.60. The summed E-state index contributed by atoms with van der Waals surface area (Å²) in [5, 5.41) is 8.99. The first-order chi connectivity index (χ1) is 5.56. The summed E-state index contributed by atoms with van der Waals surface area (Å²) in [5.74, 6) is 0. The molecule has 0 heterocycles. The van der Waals surface area contributed by atoms with E-state index >= 15 is 0 Å². The average Bonchev–Trinajstić information content (AvgIpc) is 2.05. The molecule has 0 bridgehead atoms. The van der Waals surface area contributed by atoms with Gasteiger partial charge >= 0.3 is 0 Å². The molecule has 1 aromatic carbocycles. The Hall–Kier alpha value is -1.07.